The van der Waals surface area contributed by atoms with Crippen LogP contribution in [0.15, 0.2) is 60.4 Å². The van der Waals surface area contributed by atoms with Crippen molar-refractivity contribution in [3.8, 4) is 23.3 Å². The largest absolute Gasteiger partial charge is 0.494 e. The Morgan fingerprint density at radius 3 is 2.20 bits per heavy atom. The van der Waals surface area contributed by atoms with Crippen molar-refractivity contribution >= 4 is 12.2 Å². The van der Waals surface area contributed by atoms with Gasteiger partial charge in [0.15, 0.2) is 17.6 Å². The third-order valence-electron chi connectivity index (χ3n) is 5.29. The summed E-state index contributed by atoms with van der Waals surface area (Å²) in [5, 5.41) is 11.9. The first-order valence-corrected chi connectivity index (χ1v) is 13.4. The SMILES string of the molecule is C/C=C(\C=C/CC)OCCC=O.CC.COc1cc(CNC(=O)C(OC)c2cccc(C#N)c2)cc(OC)c1OC. The number of carbonyl (C=O) groups is 2. The average Bonchev–Trinajstić information content (AvgIpc) is 3.02. The molecule has 1 N–H and O–H groups in total. The van der Waals surface area contributed by atoms with Gasteiger partial charge in [0, 0.05) is 20.1 Å². The number of ether oxygens (including phenoxy) is 5. The van der Waals surface area contributed by atoms with Gasteiger partial charge in [0.25, 0.3) is 5.91 Å². The number of nitrogens with zero attached hydrogens (tertiary/aromatic N) is 1. The number of carbonyl (C=O) groups excluding carboxylic acids is 2. The van der Waals surface area contributed by atoms with Gasteiger partial charge < -0.3 is 33.8 Å². The van der Waals surface area contributed by atoms with E-state index in [1.807, 2.05) is 39.0 Å². The molecule has 1 unspecified atom stereocenters. The van der Waals surface area contributed by atoms with Gasteiger partial charge in [-0.25, -0.2) is 0 Å². The van der Waals surface area contributed by atoms with Crippen LogP contribution in [0.2, 0.25) is 0 Å². The first-order chi connectivity index (χ1) is 19.9. The van der Waals surface area contributed by atoms with Crippen LogP contribution in [0.5, 0.6) is 17.2 Å². The van der Waals surface area contributed by atoms with Crippen LogP contribution >= 0.6 is 0 Å². The summed E-state index contributed by atoms with van der Waals surface area (Å²) in [7, 11) is 6.04. The molecule has 9 heteroatoms. The number of hydrogen-bond donors (Lipinski definition) is 1. The molecule has 0 aliphatic carbocycles. The molecule has 1 amide bonds. The summed E-state index contributed by atoms with van der Waals surface area (Å²) in [5.41, 5.74) is 1.85. The normalized spacial score (nSPS) is 11.0. The lowest BCUT2D eigenvalue weighted by atomic mass is 10.1. The van der Waals surface area contributed by atoms with Gasteiger partial charge in [-0.3, -0.25) is 4.79 Å². The maximum atomic E-state index is 12.6. The van der Waals surface area contributed by atoms with E-state index in [0.717, 1.165) is 24.0 Å². The van der Waals surface area contributed by atoms with Crippen LogP contribution in [-0.4, -0.2) is 47.2 Å². The average molecular weight is 569 g/mol. The lowest BCUT2D eigenvalue weighted by Crippen LogP contribution is -2.30. The number of nitrogens with one attached hydrogen (secondary N) is 1. The predicted molar refractivity (Wildman–Crippen MR) is 160 cm³/mol. The molecule has 0 spiro atoms. The molecule has 0 aromatic heterocycles. The number of hydrogen-bond acceptors (Lipinski definition) is 8. The van der Waals surface area contributed by atoms with Gasteiger partial charge in [0.2, 0.25) is 5.75 Å². The number of benzene rings is 2. The summed E-state index contributed by atoms with van der Waals surface area (Å²) in [6.07, 6.45) is 7.32. The van der Waals surface area contributed by atoms with Crippen molar-refractivity contribution in [1.82, 2.24) is 5.32 Å². The molecular formula is C32H44N2O7. The van der Waals surface area contributed by atoms with Gasteiger partial charge in [-0.2, -0.15) is 5.26 Å². The minimum Gasteiger partial charge on any atom is -0.494 e. The Labute approximate surface area is 244 Å². The van der Waals surface area contributed by atoms with E-state index in [2.05, 4.69) is 18.3 Å². The number of rotatable bonds is 14. The molecule has 2 aromatic carbocycles. The number of nitriles is 1. The van der Waals surface area contributed by atoms with Gasteiger partial charge in [-0.15, -0.1) is 0 Å². The molecule has 0 aliphatic heterocycles. The molecule has 9 nitrogen and oxygen atoms in total. The molecule has 224 valence electrons. The van der Waals surface area contributed by atoms with E-state index in [9.17, 15) is 9.59 Å². The molecule has 0 saturated carbocycles. The van der Waals surface area contributed by atoms with Crippen molar-refractivity contribution in [1.29, 1.82) is 5.26 Å². The van der Waals surface area contributed by atoms with Crippen molar-refractivity contribution in [3.05, 3.63) is 77.1 Å². The van der Waals surface area contributed by atoms with E-state index in [1.54, 1.807) is 36.4 Å². The van der Waals surface area contributed by atoms with Crippen LogP contribution in [0.4, 0.5) is 0 Å². The van der Waals surface area contributed by atoms with Crippen molar-refractivity contribution in [2.24, 2.45) is 0 Å². The second kappa shape index (κ2) is 22.5. The third-order valence-corrected chi connectivity index (χ3v) is 5.29. The molecule has 2 rings (SSSR count). The van der Waals surface area contributed by atoms with Crippen LogP contribution in [0.1, 0.15) is 63.3 Å². The zero-order chi connectivity index (χ0) is 31.0. The molecule has 0 bridgehead atoms. The van der Waals surface area contributed by atoms with Crippen molar-refractivity contribution in [2.75, 3.05) is 35.0 Å². The molecule has 0 saturated heterocycles. The minimum absolute atomic E-state index is 0.243. The highest BCUT2D eigenvalue weighted by molar-refractivity contribution is 5.82. The van der Waals surface area contributed by atoms with Crippen molar-refractivity contribution < 1.29 is 33.3 Å². The second-order valence-electron chi connectivity index (χ2n) is 7.91. The van der Waals surface area contributed by atoms with E-state index in [-0.39, 0.29) is 12.5 Å². The Morgan fingerprint density at radius 2 is 1.71 bits per heavy atom. The quantitative estimate of drug-likeness (QED) is 0.126. The Kier molecular flexibility index (Phi) is 20.2. The van der Waals surface area contributed by atoms with Crippen LogP contribution < -0.4 is 19.5 Å². The lowest BCUT2D eigenvalue weighted by molar-refractivity contribution is -0.131. The van der Waals surface area contributed by atoms with E-state index in [1.165, 1.54) is 28.4 Å². The van der Waals surface area contributed by atoms with Crippen LogP contribution in [0.25, 0.3) is 0 Å². The van der Waals surface area contributed by atoms with E-state index in [0.29, 0.717) is 41.4 Å². The predicted octanol–water partition coefficient (Wildman–Crippen LogP) is 6.08. The van der Waals surface area contributed by atoms with E-state index < -0.39 is 6.10 Å². The van der Waals surface area contributed by atoms with Crippen LogP contribution in [0.3, 0.4) is 0 Å². The van der Waals surface area contributed by atoms with E-state index in [4.69, 9.17) is 28.9 Å². The van der Waals surface area contributed by atoms with Crippen molar-refractivity contribution in [3.63, 3.8) is 0 Å². The molecule has 2 aromatic rings. The summed E-state index contributed by atoms with van der Waals surface area (Å²) < 4.78 is 26.5. The fourth-order valence-corrected chi connectivity index (χ4v) is 3.37. The second-order valence-corrected chi connectivity index (χ2v) is 7.91. The highest BCUT2D eigenvalue weighted by Crippen LogP contribution is 2.38. The first kappa shape index (κ1) is 36.7. The number of amides is 1. The third kappa shape index (κ3) is 13.1. The van der Waals surface area contributed by atoms with Crippen LogP contribution in [0, 0.1) is 11.3 Å². The Bertz CT molecular complexity index is 1130. The fraction of sp³-hybridized carbons (Fsp3) is 0.406. The number of aldehydes is 1. The number of methoxy groups -OCH3 is 4. The lowest BCUT2D eigenvalue weighted by Gasteiger charge is -2.17. The highest BCUT2D eigenvalue weighted by Gasteiger charge is 2.21. The molecule has 0 heterocycles. The Morgan fingerprint density at radius 1 is 1.05 bits per heavy atom. The zero-order valence-corrected chi connectivity index (χ0v) is 25.5. The first-order valence-electron chi connectivity index (χ1n) is 13.4. The molecule has 0 radical (unpaired) electrons. The van der Waals surface area contributed by atoms with Gasteiger partial charge >= 0.3 is 0 Å². The zero-order valence-electron chi connectivity index (χ0n) is 25.5. The summed E-state index contributed by atoms with van der Waals surface area (Å²) in [6, 6.07) is 12.3. The minimum atomic E-state index is -0.819. The Balaban J connectivity index is 0.000000962. The molecule has 0 fully saturated rings. The van der Waals surface area contributed by atoms with Crippen LogP contribution in [-0.2, 0) is 25.6 Å². The standard InChI is InChI=1S/C20H22N2O5.C10H16O2.C2H6/c1-24-16-9-14(10-17(25-2)19(16)27-4)12-22-20(23)18(26-3)15-7-5-6-13(8-15)11-21;1-3-5-7-10(4-2)12-9-6-8-11;1-2/h5-10,18H,12H2,1-4H3,(H,22,23);4-5,7-8H,3,6,9H2,1-2H3;1-2H3/b;7-5-,10-4+;. The van der Waals surface area contributed by atoms with E-state index >= 15 is 0 Å². The highest BCUT2D eigenvalue weighted by atomic mass is 16.5. The summed E-state index contributed by atoms with van der Waals surface area (Å²) in [4.78, 5) is 22.5. The summed E-state index contributed by atoms with van der Waals surface area (Å²) >= 11 is 0. The van der Waals surface area contributed by atoms with Gasteiger partial charge in [-0.05, 0) is 60.9 Å². The summed E-state index contributed by atoms with van der Waals surface area (Å²) in [6.45, 7) is 8.69. The smallest absolute Gasteiger partial charge is 0.254 e. The van der Waals surface area contributed by atoms with Gasteiger partial charge in [0.05, 0.1) is 39.6 Å². The van der Waals surface area contributed by atoms with Gasteiger partial charge in [-0.1, -0.05) is 39.0 Å². The maximum Gasteiger partial charge on any atom is 0.254 e. The Hall–Kier alpha value is -4.29. The molecule has 0 aliphatic rings. The topological polar surface area (TPSA) is 116 Å². The molecular weight excluding hydrogens is 524 g/mol. The monoisotopic (exact) mass is 568 g/mol. The molecule has 41 heavy (non-hydrogen) atoms. The fourth-order valence-electron chi connectivity index (χ4n) is 3.37. The van der Waals surface area contributed by atoms with Crippen molar-refractivity contribution in [2.45, 2.75) is 53.2 Å². The summed E-state index contributed by atoms with van der Waals surface area (Å²) in [5.74, 6) is 2.01. The maximum absolute atomic E-state index is 12.6. The molecule has 1 atom stereocenters. The van der Waals surface area contributed by atoms with Gasteiger partial charge in [0.1, 0.15) is 12.0 Å². The number of allylic oxidation sites excluding steroid dienone is 3.